The smallest absolute Gasteiger partial charge is 0.257 e. The van der Waals surface area contributed by atoms with E-state index in [1.165, 1.54) is 0 Å². The van der Waals surface area contributed by atoms with Crippen LogP contribution in [-0.4, -0.2) is 64.7 Å². The van der Waals surface area contributed by atoms with Crippen molar-refractivity contribution in [2.75, 3.05) is 33.3 Å². The second kappa shape index (κ2) is 7.42. The quantitative estimate of drug-likeness (QED) is 0.829. The molecule has 2 aliphatic heterocycles. The van der Waals surface area contributed by atoms with E-state index in [9.17, 15) is 9.59 Å². The van der Waals surface area contributed by atoms with Crippen LogP contribution in [0.3, 0.4) is 0 Å². The molecule has 142 valence electrons. The molecule has 7 nitrogen and oxygen atoms in total. The van der Waals surface area contributed by atoms with E-state index in [2.05, 4.69) is 5.10 Å². The van der Waals surface area contributed by atoms with Crippen molar-refractivity contribution in [2.24, 2.45) is 0 Å². The Balaban J connectivity index is 1.40. The maximum Gasteiger partial charge on any atom is 0.257 e. The monoisotopic (exact) mass is 368 g/mol. The standard InChI is InChI=1S/C20H24N4O3/c1-27-16-6-4-5-15(13-16)19(25)22-9-11-23(12-10-22)20(26)17-14-21-24-8-3-2-7-18(17)24/h4-6,13-14H,2-3,7-12H2,1H3. The largest absolute Gasteiger partial charge is 0.497 e. The van der Waals surface area contributed by atoms with Crippen molar-refractivity contribution in [1.29, 1.82) is 0 Å². The van der Waals surface area contributed by atoms with Crippen LogP contribution >= 0.6 is 0 Å². The molecule has 1 saturated heterocycles. The lowest BCUT2D eigenvalue weighted by atomic mass is 10.1. The van der Waals surface area contributed by atoms with Crippen LogP contribution in [-0.2, 0) is 13.0 Å². The number of amides is 2. The molecule has 0 saturated carbocycles. The summed E-state index contributed by atoms with van der Waals surface area (Å²) in [4.78, 5) is 29.3. The lowest BCUT2D eigenvalue weighted by Crippen LogP contribution is -2.50. The van der Waals surface area contributed by atoms with Gasteiger partial charge in [0.15, 0.2) is 0 Å². The molecule has 7 heteroatoms. The van der Waals surface area contributed by atoms with E-state index < -0.39 is 0 Å². The molecule has 2 aromatic rings. The average molecular weight is 368 g/mol. The molecule has 0 N–H and O–H groups in total. The van der Waals surface area contributed by atoms with Crippen LogP contribution in [0.1, 0.15) is 39.3 Å². The molecule has 1 aromatic heterocycles. The zero-order valence-electron chi connectivity index (χ0n) is 15.6. The first kappa shape index (κ1) is 17.6. The number of fused-ring (bicyclic) bond motifs is 1. The molecule has 0 radical (unpaired) electrons. The van der Waals surface area contributed by atoms with Crippen molar-refractivity contribution in [2.45, 2.75) is 25.8 Å². The zero-order valence-corrected chi connectivity index (χ0v) is 15.6. The predicted molar refractivity (Wildman–Crippen MR) is 100.0 cm³/mol. The van der Waals surface area contributed by atoms with Crippen molar-refractivity contribution < 1.29 is 14.3 Å². The summed E-state index contributed by atoms with van der Waals surface area (Å²) in [5, 5.41) is 4.36. The number of carbonyl (C=O) groups is 2. The van der Waals surface area contributed by atoms with Crippen molar-refractivity contribution in [1.82, 2.24) is 19.6 Å². The summed E-state index contributed by atoms with van der Waals surface area (Å²) >= 11 is 0. The third kappa shape index (κ3) is 3.41. The zero-order chi connectivity index (χ0) is 18.8. The fraction of sp³-hybridized carbons (Fsp3) is 0.450. The van der Waals surface area contributed by atoms with Gasteiger partial charge in [0, 0.05) is 38.3 Å². The van der Waals surface area contributed by atoms with Gasteiger partial charge in [-0.05, 0) is 37.5 Å². The summed E-state index contributed by atoms with van der Waals surface area (Å²) in [6, 6.07) is 7.18. The fourth-order valence-electron chi connectivity index (χ4n) is 3.82. The molecule has 1 aromatic carbocycles. The molecule has 3 heterocycles. The molecule has 2 aliphatic rings. The van der Waals surface area contributed by atoms with Gasteiger partial charge < -0.3 is 14.5 Å². The van der Waals surface area contributed by atoms with Gasteiger partial charge in [-0.25, -0.2) is 0 Å². The number of hydrogen-bond acceptors (Lipinski definition) is 4. The normalized spacial score (nSPS) is 16.8. The summed E-state index contributed by atoms with van der Waals surface area (Å²) in [5.41, 5.74) is 2.39. The van der Waals surface area contributed by atoms with Crippen molar-refractivity contribution in [3.8, 4) is 5.75 Å². The van der Waals surface area contributed by atoms with E-state index in [1.54, 1.807) is 30.3 Å². The predicted octanol–water partition coefficient (Wildman–Crippen LogP) is 1.83. The van der Waals surface area contributed by atoms with Crippen molar-refractivity contribution >= 4 is 11.8 Å². The number of benzene rings is 1. The molecule has 0 aliphatic carbocycles. The van der Waals surface area contributed by atoms with Crippen LogP contribution in [0.2, 0.25) is 0 Å². The number of aryl methyl sites for hydroxylation is 1. The topological polar surface area (TPSA) is 67.7 Å². The summed E-state index contributed by atoms with van der Waals surface area (Å²) in [6.07, 6.45) is 4.84. The highest BCUT2D eigenvalue weighted by atomic mass is 16.5. The third-order valence-corrected chi connectivity index (χ3v) is 5.38. The lowest BCUT2D eigenvalue weighted by Gasteiger charge is -2.35. The third-order valence-electron chi connectivity index (χ3n) is 5.38. The van der Waals surface area contributed by atoms with Crippen LogP contribution < -0.4 is 4.74 Å². The van der Waals surface area contributed by atoms with E-state index in [0.29, 0.717) is 37.5 Å². The van der Waals surface area contributed by atoms with Gasteiger partial charge in [0.25, 0.3) is 11.8 Å². The Hall–Kier alpha value is -2.83. The highest BCUT2D eigenvalue weighted by Gasteiger charge is 2.28. The van der Waals surface area contributed by atoms with Gasteiger partial charge in [0.05, 0.1) is 24.6 Å². The maximum atomic E-state index is 12.9. The second-order valence-electron chi connectivity index (χ2n) is 7.00. The highest BCUT2D eigenvalue weighted by Crippen LogP contribution is 2.21. The molecule has 4 rings (SSSR count). The Labute approximate surface area is 158 Å². The van der Waals surface area contributed by atoms with E-state index in [-0.39, 0.29) is 11.8 Å². The number of methoxy groups -OCH3 is 1. The Morgan fingerprint density at radius 1 is 1.00 bits per heavy atom. The molecule has 1 fully saturated rings. The second-order valence-corrected chi connectivity index (χ2v) is 7.00. The first-order valence-electron chi connectivity index (χ1n) is 9.44. The Morgan fingerprint density at radius 3 is 2.48 bits per heavy atom. The summed E-state index contributed by atoms with van der Waals surface area (Å²) in [7, 11) is 1.59. The van der Waals surface area contributed by atoms with E-state index in [1.807, 2.05) is 21.7 Å². The molecule has 0 spiro atoms. The van der Waals surface area contributed by atoms with Gasteiger partial charge >= 0.3 is 0 Å². The van der Waals surface area contributed by atoms with Crippen LogP contribution in [0.4, 0.5) is 0 Å². The van der Waals surface area contributed by atoms with Crippen LogP contribution in [0.25, 0.3) is 0 Å². The van der Waals surface area contributed by atoms with Crippen molar-refractivity contribution in [3.05, 3.63) is 47.3 Å². The van der Waals surface area contributed by atoms with Gasteiger partial charge in [0.2, 0.25) is 0 Å². The van der Waals surface area contributed by atoms with Gasteiger partial charge in [-0.15, -0.1) is 0 Å². The molecule has 0 atom stereocenters. The molecule has 27 heavy (non-hydrogen) atoms. The van der Waals surface area contributed by atoms with E-state index >= 15 is 0 Å². The molecule has 2 amide bonds. The fourth-order valence-corrected chi connectivity index (χ4v) is 3.82. The minimum absolute atomic E-state index is 0.0242. The van der Waals surface area contributed by atoms with Gasteiger partial charge in [-0.3, -0.25) is 14.3 Å². The molecular formula is C20H24N4O3. The maximum absolute atomic E-state index is 12.9. The van der Waals surface area contributed by atoms with Crippen LogP contribution in [0, 0.1) is 0 Å². The van der Waals surface area contributed by atoms with Crippen LogP contribution in [0.5, 0.6) is 5.75 Å². The Kier molecular flexibility index (Phi) is 4.83. The minimum Gasteiger partial charge on any atom is -0.497 e. The van der Waals surface area contributed by atoms with E-state index in [4.69, 9.17) is 4.74 Å². The molecular weight excluding hydrogens is 344 g/mol. The molecule has 0 bridgehead atoms. The average Bonchev–Trinajstić information content (AvgIpc) is 3.17. The van der Waals surface area contributed by atoms with Gasteiger partial charge in [0.1, 0.15) is 5.75 Å². The number of hydrogen-bond donors (Lipinski definition) is 0. The number of aromatic nitrogens is 2. The Bertz CT molecular complexity index is 853. The van der Waals surface area contributed by atoms with Crippen molar-refractivity contribution in [3.63, 3.8) is 0 Å². The summed E-state index contributed by atoms with van der Waals surface area (Å²) in [5.74, 6) is 0.677. The van der Waals surface area contributed by atoms with Crippen LogP contribution in [0.15, 0.2) is 30.5 Å². The SMILES string of the molecule is COc1cccc(C(=O)N2CCN(C(=O)c3cnn4c3CCCC4)CC2)c1. The first-order chi connectivity index (χ1) is 13.2. The summed E-state index contributed by atoms with van der Waals surface area (Å²) in [6.45, 7) is 3.04. The number of carbonyl (C=O) groups excluding carboxylic acids is 2. The van der Waals surface area contributed by atoms with E-state index in [0.717, 1.165) is 37.1 Å². The van der Waals surface area contributed by atoms with Gasteiger partial charge in [-0.2, -0.15) is 5.10 Å². The highest BCUT2D eigenvalue weighted by molar-refractivity contribution is 5.96. The number of piperazine rings is 1. The number of rotatable bonds is 3. The Morgan fingerprint density at radius 2 is 1.74 bits per heavy atom. The summed E-state index contributed by atoms with van der Waals surface area (Å²) < 4.78 is 7.15. The lowest BCUT2D eigenvalue weighted by molar-refractivity contribution is 0.0534. The number of ether oxygens (including phenoxy) is 1. The first-order valence-corrected chi connectivity index (χ1v) is 9.44. The minimum atomic E-state index is -0.0242. The van der Waals surface area contributed by atoms with Gasteiger partial charge in [-0.1, -0.05) is 6.07 Å². The molecule has 0 unspecified atom stereocenters. The number of nitrogens with zero attached hydrogens (tertiary/aromatic N) is 4.